The fourth-order valence-corrected chi connectivity index (χ4v) is 5.03. The Bertz CT molecular complexity index is 1100. The zero-order valence-corrected chi connectivity index (χ0v) is 19.6. The average Bonchev–Trinajstić information content (AvgIpc) is 2.82. The second-order valence-corrected chi connectivity index (χ2v) is 9.90. The van der Waals surface area contributed by atoms with Crippen molar-refractivity contribution in [1.82, 2.24) is 5.32 Å². The largest absolute Gasteiger partial charge is 0.348 e. The molecule has 7 heteroatoms. The van der Waals surface area contributed by atoms with Crippen molar-refractivity contribution in [1.29, 1.82) is 0 Å². The second kappa shape index (κ2) is 10.1. The number of amides is 3. The number of anilines is 2. The molecule has 5 nitrogen and oxygen atoms in total. The molecule has 1 aliphatic heterocycles. The van der Waals surface area contributed by atoms with Crippen molar-refractivity contribution in [3.8, 4) is 0 Å². The molecule has 1 heterocycles. The van der Waals surface area contributed by atoms with Crippen molar-refractivity contribution in [2.45, 2.75) is 28.5 Å². The molecular formula is C25H25N3O2S2. The van der Waals surface area contributed by atoms with Crippen LogP contribution in [-0.2, 0) is 6.54 Å². The van der Waals surface area contributed by atoms with Gasteiger partial charge in [0.2, 0.25) is 0 Å². The number of hydrogen-bond donors (Lipinski definition) is 2. The first-order valence-corrected chi connectivity index (χ1v) is 12.5. The number of fused-ring (bicyclic) bond motifs is 1. The molecule has 0 aliphatic carbocycles. The first-order chi connectivity index (χ1) is 15.5. The highest BCUT2D eigenvalue weighted by molar-refractivity contribution is 8.00. The normalized spacial score (nSPS) is 15.1. The SMILES string of the molecule is CSc1ccc(CNC(=O)c2ccc(NC(=O)N3C[C@H](C)Sc4ccccc43)cc2)cc1. The minimum atomic E-state index is -0.171. The Morgan fingerprint density at radius 1 is 1.03 bits per heavy atom. The summed E-state index contributed by atoms with van der Waals surface area (Å²) in [6, 6.07) is 22.9. The second-order valence-electron chi connectivity index (χ2n) is 7.55. The van der Waals surface area contributed by atoms with Gasteiger partial charge in [0, 0.05) is 39.4 Å². The molecule has 32 heavy (non-hydrogen) atoms. The summed E-state index contributed by atoms with van der Waals surface area (Å²) in [4.78, 5) is 29.5. The van der Waals surface area contributed by atoms with Crippen LogP contribution < -0.4 is 15.5 Å². The molecule has 0 bridgehead atoms. The van der Waals surface area contributed by atoms with Crippen LogP contribution in [0, 0.1) is 0 Å². The van der Waals surface area contributed by atoms with Crippen LogP contribution in [0.15, 0.2) is 82.6 Å². The number of carbonyl (C=O) groups excluding carboxylic acids is 2. The van der Waals surface area contributed by atoms with E-state index in [0.717, 1.165) is 16.1 Å². The minimum absolute atomic E-state index is 0.146. The lowest BCUT2D eigenvalue weighted by molar-refractivity contribution is 0.0951. The quantitative estimate of drug-likeness (QED) is 0.465. The topological polar surface area (TPSA) is 61.4 Å². The molecule has 0 fully saturated rings. The summed E-state index contributed by atoms with van der Waals surface area (Å²) in [6.07, 6.45) is 2.04. The van der Waals surface area contributed by atoms with Gasteiger partial charge in [-0.3, -0.25) is 9.69 Å². The van der Waals surface area contributed by atoms with E-state index in [1.165, 1.54) is 4.90 Å². The van der Waals surface area contributed by atoms with Gasteiger partial charge in [-0.05, 0) is 60.4 Å². The Balaban J connectivity index is 1.36. The summed E-state index contributed by atoms with van der Waals surface area (Å²) in [5.41, 5.74) is 3.18. The van der Waals surface area contributed by atoms with Crippen molar-refractivity contribution < 1.29 is 9.59 Å². The predicted molar refractivity (Wildman–Crippen MR) is 134 cm³/mol. The number of rotatable bonds is 5. The van der Waals surface area contributed by atoms with Gasteiger partial charge in [-0.2, -0.15) is 0 Å². The molecule has 1 aliphatic rings. The molecule has 0 aromatic heterocycles. The van der Waals surface area contributed by atoms with Gasteiger partial charge >= 0.3 is 6.03 Å². The fraction of sp³-hybridized carbons (Fsp3) is 0.200. The Labute approximate surface area is 197 Å². The van der Waals surface area contributed by atoms with Crippen molar-refractivity contribution in [3.05, 3.63) is 83.9 Å². The van der Waals surface area contributed by atoms with Crippen LogP contribution in [0.5, 0.6) is 0 Å². The van der Waals surface area contributed by atoms with Gasteiger partial charge in [0.25, 0.3) is 5.91 Å². The van der Waals surface area contributed by atoms with Crippen LogP contribution in [0.2, 0.25) is 0 Å². The molecule has 3 aromatic carbocycles. The molecular weight excluding hydrogens is 438 g/mol. The van der Waals surface area contributed by atoms with Crippen LogP contribution in [0.1, 0.15) is 22.8 Å². The van der Waals surface area contributed by atoms with Crippen molar-refractivity contribution in [2.75, 3.05) is 23.0 Å². The van der Waals surface area contributed by atoms with E-state index in [0.29, 0.717) is 29.6 Å². The maximum atomic E-state index is 12.9. The number of nitrogens with one attached hydrogen (secondary N) is 2. The van der Waals surface area contributed by atoms with E-state index >= 15 is 0 Å². The Kier molecular flexibility index (Phi) is 7.07. The third-order valence-electron chi connectivity index (χ3n) is 5.18. The molecule has 4 rings (SSSR count). The predicted octanol–water partition coefficient (Wildman–Crippen LogP) is 5.87. The van der Waals surface area contributed by atoms with Crippen molar-refractivity contribution in [3.63, 3.8) is 0 Å². The lowest BCUT2D eigenvalue weighted by Crippen LogP contribution is -2.41. The third-order valence-corrected chi connectivity index (χ3v) is 7.07. The van der Waals surface area contributed by atoms with Gasteiger partial charge in [-0.25, -0.2) is 4.79 Å². The Hall–Kier alpha value is -2.90. The number of carbonyl (C=O) groups is 2. The van der Waals surface area contributed by atoms with Crippen LogP contribution in [0.25, 0.3) is 0 Å². The van der Waals surface area contributed by atoms with Crippen LogP contribution in [0.4, 0.5) is 16.2 Å². The molecule has 2 N–H and O–H groups in total. The molecule has 3 aromatic rings. The van der Waals surface area contributed by atoms with E-state index in [4.69, 9.17) is 0 Å². The molecule has 164 valence electrons. The highest BCUT2D eigenvalue weighted by Crippen LogP contribution is 2.38. The number of nitrogens with zero attached hydrogens (tertiary/aromatic N) is 1. The van der Waals surface area contributed by atoms with Crippen molar-refractivity contribution in [2.24, 2.45) is 0 Å². The highest BCUT2D eigenvalue weighted by Gasteiger charge is 2.26. The van der Waals surface area contributed by atoms with E-state index in [1.807, 2.05) is 54.8 Å². The number of thioether (sulfide) groups is 2. The van der Waals surface area contributed by atoms with E-state index in [9.17, 15) is 9.59 Å². The molecule has 1 atom stereocenters. The molecule has 3 amide bonds. The summed E-state index contributed by atoms with van der Waals surface area (Å²) in [6.45, 7) is 3.23. The summed E-state index contributed by atoms with van der Waals surface area (Å²) in [7, 11) is 0. The maximum absolute atomic E-state index is 12.9. The molecule has 0 unspecified atom stereocenters. The number of benzene rings is 3. The zero-order chi connectivity index (χ0) is 22.5. The first-order valence-electron chi connectivity index (χ1n) is 10.4. The van der Waals surface area contributed by atoms with E-state index in [2.05, 4.69) is 17.6 Å². The smallest absolute Gasteiger partial charge is 0.326 e. The van der Waals surface area contributed by atoms with E-state index < -0.39 is 0 Å². The van der Waals surface area contributed by atoms with Crippen LogP contribution in [-0.4, -0.2) is 30.0 Å². The van der Waals surface area contributed by atoms with Gasteiger partial charge in [0.05, 0.1) is 5.69 Å². The van der Waals surface area contributed by atoms with Crippen molar-refractivity contribution >= 4 is 46.8 Å². The lowest BCUT2D eigenvalue weighted by Gasteiger charge is -2.32. The number of hydrogen-bond acceptors (Lipinski definition) is 4. The Morgan fingerprint density at radius 3 is 2.47 bits per heavy atom. The van der Waals surface area contributed by atoms with Gasteiger partial charge < -0.3 is 10.6 Å². The van der Waals surface area contributed by atoms with E-state index in [-0.39, 0.29) is 11.9 Å². The maximum Gasteiger partial charge on any atom is 0.326 e. The Morgan fingerprint density at radius 2 is 1.75 bits per heavy atom. The molecule has 0 saturated heterocycles. The number of urea groups is 1. The fourth-order valence-electron chi connectivity index (χ4n) is 3.51. The van der Waals surface area contributed by atoms with Gasteiger partial charge in [0.15, 0.2) is 0 Å². The zero-order valence-electron chi connectivity index (χ0n) is 18.0. The first kappa shape index (κ1) is 22.3. The van der Waals surface area contributed by atoms with E-state index in [1.54, 1.807) is 52.7 Å². The third kappa shape index (κ3) is 5.29. The highest BCUT2D eigenvalue weighted by atomic mass is 32.2. The van der Waals surface area contributed by atoms with Gasteiger partial charge in [-0.15, -0.1) is 23.5 Å². The van der Waals surface area contributed by atoms with Gasteiger partial charge in [-0.1, -0.05) is 31.2 Å². The standard InChI is InChI=1S/C25H25N3O2S2/c1-17-16-28(22-5-3-4-6-23(22)32-17)25(30)27-20-11-9-19(10-12-20)24(29)26-15-18-7-13-21(31-2)14-8-18/h3-14,17H,15-16H2,1-2H3,(H,26,29)(H,27,30)/t17-/m0/s1. The number of para-hydroxylation sites is 1. The van der Waals surface area contributed by atoms with Crippen LogP contribution >= 0.6 is 23.5 Å². The monoisotopic (exact) mass is 463 g/mol. The average molecular weight is 464 g/mol. The molecule has 0 saturated carbocycles. The summed E-state index contributed by atoms with van der Waals surface area (Å²) < 4.78 is 0. The lowest BCUT2D eigenvalue weighted by atomic mass is 10.1. The van der Waals surface area contributed by atoms with Gasteiger partial charge in [0.1, 0.15) is 0 Å². The summed E-state index contributed by atoms with van der Waals surface area (Å²) in [5.74, 6) is -0.146. The van der Waals surface area contributed by atoms with Crippen LogP contribution in [0.3, 0.4) is 0 Å². The summed E-state index contributed by atoms with van der Waals surface area (Å²) in [5, 5.41) is 6.21. The summed E-state index contributed by atoms with van der Waals surface area (Å²) >= 11 is 3.47. The molecule has 0 radical (unpaired) electrons. The molecule has 0 spiro atoms. The minimum Gasteiger partial charge on any atom is -0.348 e.